The highest BCUT2D eigenvalue weighted by molar-refractivity contribution is 14.0. The maximum absolute atomic E-state index is 12.4. The Kier molecular flexibility index (Phi) is 9.81. The van der Waals surface area contributed by atoms with E-state index in [1.807, 2.05) is 38.1 Å². The molecule has 0 aromatic heterocycles. The zero-order valence-electron chi connectivity index (χ0n) is 16.0. The first kappa shape index (κ1) is 24.5. The van der Waals surface area contributed by atoms with Gasteiger partial charge in [-0.05, 0) is 44.4 Å². The van der Waals surface area contributed by atoms with E-state index >= 15 is 0 Å². The molecule has 0 bridgehead atoms. The molecule has 0 spiro atoms. The number of guanidine groups is 1. The molecular weight excluding hydrogens is 501 g/mol. The van der Waals surface area contributed by atoms with Crippen LogP contribution in [0.5, 0.6) is 0 Å². The van der Waals surface area contributed by atoms with Crippen molar-refractivity contribution in [3.05, 3.63) is 34.9 Å². The summed E-state index contributed by atoms with van der Waals surface area (Å²) < 4.78 is 29.3. The molecule has 1 aromatic rings. The molecule has 0 aliphatic carbocycles. The number of rotatable bonds is 6. The van der Waals surface area contributed by atoms with E-state index in [-0.39, 0.29) is 36.6 Å². The third kappa shape index (κ3) is 6.76. The molecule has 1 atom stereocenters. The van der Waals surface area contributed by atoms with Crippen LogP contribution >= 0.6 is 35.6 Å². The molecule has 154 valence electrons. The van der Waals surface area contributed by atoms with Crippen LogP contribution in [0.15, 0.2) is 29.3 Å². The molecule has 1 unspecified atom stereocenters. The van der Waals surface area contributed by atoms with Gasteiger partial charge in [0, 0.05) is 31.0 Å². The fourth-order valence-electron chi connectivity index (χ4n) is 3.00. The highest BCUT2D eigenvalue weighted by Gasteiger charge is 2.42. The third-order valence-corrected chi connectivity index (χ3v) is 7.11. The van der Waals surface area contributed by atoms with Gasteiger partial charge in [-0.25, -0.2) is 8.42 Å². The van der Waals surface area contributed by atoms with Crippen molar-refractivity contribution in [2.24, 2.45) is 4.99 Å². The molecule has 2 N–H and O–H groups in total. The van der Waals surface area contributed by atoms with Crippen LogP contribution in [-0.4, -0.2) is 51.7 Å². The van der Waals surface area contributed by atoms with Gasteiger partial charge in [-0.3, -0.25) is 4.99 Å². The van der Waals surface area contributed by atoms with Gasteiger partial charge < -0.3 is 15.4 Å². The van der Waals surface area contributed by atoms with Crippen LogP contribution in [0.4, 0.5) is 0 Å². The SMILES string of the molecule is CCNC(=NCC1(S(C)(=O)=O)CCOCC1)NC(C)c1cccc(Cl)c1.I. The lowest BCUT2D eigenvalue weighted by Gasteiger charge is -2.34. The topological polar surface area (TPSA) is 79.8 Å². The molecule has 1 aliphatic rings. The Morgan fingerprint density at radius 2 is 2.04 bits per heavy atom. The maximum atomic E-state index is 12.4. The van der Waals surface area contributed by atoms with Crippen LogP contribution in [0.3, 0.4) is 0 Å². The van der Waals surface area contributed by atoms with Crippen molar-refractivity contribution in [1.29, 1.82) is 0 Å². The molecule has 0 radical (unpaired) electrons. The maximum Gasteiger partial charge on any atom is 0.191 e. The van der Waals surface area contributed by atoms with E-state index in [4.69, 9.17) is 16.3 Å². The number of nitrogens with one attached hydrogen (secondary N) is 2. The first-order chi connectivity index (χ1) is 12.3. The molecule has 1 aliphatic heterocycles. The number of sulfone groups is 1. The van der Waals surface area contributed by atoms with Crippen LogP contribution in [0, 0.1) is 0 Å². The Hall–Kier alpha value is -0.580. The Morgan fingerprint density at radius 1 is 1.37 bits per heavy atom. The fraction of sp³-hybridized carbons (Fsp3) is 0.611. The van der Waals surface area contributed by atoms with Crippen LogP contribution in [0.25, 0.3) is 0 Å². The lowest BCUT2D eigenvalue weighted by Crippen LogP contribution is -2.47. The summed E-state index contributed by atoms with van der Waals surface area (Å²) in [5.74, 6) is 0.592. The number of aliphatic imine (C=N–C) groups is 1. The van der Waals surface area contributed by atoms with E-state index in [0.29, 0.717) is 43.6 Å². The number of nitrogens with zero attached hydrogens (tertiary/aromatic N) is 1. The average molecular weight is 530 g/mol. The number of benzene rings is 1. The fourth-order valence-corrected chi connectivity index (χ4v) is 4.40. The number of ether oxygens (including phenoxy) is 1. The molecule has 1 heterocycles. The summed E-state index contributed by atoms with van der Waals surface area (Å²) in [6.07, 6.45) is 2.24. The van der Waals surface area contributed by atoms with Crippen molar-refractivity contribution in [3.8, 4) is 0 Å². The van der Waals surface area contributed by atoms with Crippen molar-refractivity contribution in [1.82, 2.24) is 10.6 Å². The van der Waals surface area contributed by atoms with Gasteiger partial charge in [0.1, 0.15) is 0 Å². The minimum absolute atomic E-state index is 0. The summed E-state index contributed by atoms with van der Waals surface area (Å²) in [5.41, 5.74) is 1.03. The van der Waals surface area contributed by atoms with Crippen LogP contribution in [0.1, 0.15) is 38.3 Å². The monoisotopic (exact) mass is 529 g/mol. The summed E-state index contributed by atoms with van der Waals surface area (Å²) in [6.45, 7) is 5.79. The molecule has 27 heavy (non-hydrogen) atoms. The third-order valence-electron chi connectivity index (χ3n) is 4.76. The zero-order valence-corrected chi connectivity index (χ0v) is 19.9. The quantitative estimate of drug-likeness (QED) is 0.336. The minimum atomic E-state index is -3.24. The summed E-state index contributed by atoms with van der Waals surface area (Å²) in [5, 5.41) is 7.19. The molecule has 1 aromatic carbocycles. The van der Waals surface area contributed by atoms with E-state index in [2.05, 4.69) is 15.6 Å². The zero-order chi connectivity index (χ0) is 19.2. The lowest BCUT2D eigenvalue weighted by atomic mass is 9.99. The second kappa shape index (κ2) is 10.8. The van der Waals surface area contributed by atoms with Gasteiger partial charge in [0.2, 0.25) is 0 Å². The van der Waals surface area contributed by atoms with E-state index in [1.165, 1.54) is 6.26 Å². The van der Waals surface area contributed by atoms with E-state index in [0.717, 1.165) is 5.56 Å². The molecule has 1 fully saturated rings. The lowest BCUT2D eigenvalue weighted by molar-refractivity contribution is 0.0768. The van der Waals surface area contributed by atoms with Crippen molar-refractivity contribution >= 4 is 51.4 Å². The highest BCUT2D eigenvalue weighted by atomic mass is 127. The van der Waals surface area contributed by atoms with Crippen molar-refractivity contribution in [2.75, 3.05) is 32.6 Å². The normalized spacial score (nSPS) is 18.3. The van der Waals surface area contributed by atoms with Crippen LogP contribution < -0.4 is 10.6 Å². The first-order valence-corrected chi connectivity index (χ1v) is 11.1. The van der Waals surface area contributed by atoms with E-state index in [9.17, 15) is 8.42 Å². The first-order valence-electron chi connectivity index (χ1n) is 8.85. The Labute approximate surface area is 184 Å². The summed E-state index contributed by atoms with van der Waals surface area (Å²) in [4.78, 5) is 4.59. The molecule has 0 saturated carbocycles. The highest BCUT2D eigenvalue weighted by Crippen LogP contribution is 2.29. The average Bonchev–Trinajstić information content (AvgIpc) is 2.59. The second-order valence-electron chi connectivity index (χ2n) is 6.68. The Bertz CT molecular complexity index is 737. The smallest absolute Gasteiger partial charge is 0.191 e. The van der Waals surface area contributed by atoms with Gasteiger partial charge in [0.15, 0.2) is 15.8 Å². The van der Waals surface area contributed by atoms with Gasteiger partial charge in [-0.1, -0.05) is 23.7 Å². The van der Waals surface area contributed by atoms with Crippen molar-refractivity contribution < 1.29 is 13.2 Å². The minimum Gasteiger partial charge on any atom is -0.381 e. The largest absolute Gasteiger partial charge is 0.381 e. The molecule has 9 heteroatoms. The number of hydrogen-bond acceptors (Lipinski definition) is 4. The van der Waals surface area contributed by atoms with Gasteiger partial charge >= 0.3 is 0 Å². The summed E-state index contributed by atoms with van der Waals surface area (Å²) >= 11 is 6.07. The molecule has 0 amide bonds. The van der Waals surface area contributed by atoms with E-state index in [1.54, 1.807) is 0 Å². The number of halogens is 2. The molecular formula is C18H29ClIN3O3S. The Morgan fingerprint density at radius 3 is 2.59 bits per heavy atom. The summed E-state index contributed by atoms with van der Waals surface area (Å²) in [6, 6.07) is 7.61. The summed E-state index contributed by atoms with van der Waals surface area (Å²) in [7, 11) is -3.24. The number of hydrogen-bond donors (Lipinski definition) is 2. The standard InChI is InChI=1S/C18H28ClN3O3S.HI/c1-4-20-17(22-14(2)15-6-5-7-16(19)12-15)21-13-18(26(3,23)24)8-10-25-11-9-18;/h5-7,12,14H,4,8-11,13H2,1-3H3,(H2,20,21,22);1H. The van der Waals surface area contributed by atoms with Gasteiger partial charge in [0.25, 0.3) is 0 Å². The predicted octanol–water partition coefficient (Wildman–Crippen LogP) is 3.17. The van der Waals surface area contributed by atoms with E-state index < -0.39 is 14.6 Å². The van der Waals surface area contributed by atoms with Crippen molar-refractivity contribution in [3.63, 3.8) is 0 Å². The predicted molar refractivity (Wildman–Crippen MR) is 122 cm³/mol. The van der Waals surface area contributed by atoms with Gasteiger partial charge in [0.05, 0.1) is 17.3 Å². The van der Waals surface area contributed by atoms with Gasteiger partial charge in [-0.2, -0.15) is 0 Å². The molecule has 2 rings (SSSR count). The van der Waals surface area contributed by atoms with Crippen molar-refractivity contribution in [2.45, 2.75) is 37.5 Å². The molecule has 1 saturated heterocycles. The second-order valence-corrected chi connectivity index (χ2v) is 9.53. The van der Waals surface area contributed by atoms with Gasteiger partial charge in [-0.15, -0.1) is 24.0 Å². The van der Waals surface area contributed by atoms with Crippen LogP contribution in [0.2, 0.25) is 5.02 Å². The van der Waals surface area contributed by atoms with Crippen LogP contribution in [-0.2, 0) is 14.6 Å². The Balaban J connectivity index is 0.00000364. The molecule has 6 nitrogen and oxygen atoms in total.